The van der Waals surface area contributed by atoms with Gasteiger partial charge in [-0.15, -0.1) is 10.2 Å². The minimum absolute atomic E-state index is 0.536. The minimum Gasteiger partial charge on any atom is -0.360 e. The van der Waals surface area contributed by atoms with Crippen LogP contribution in [0.3, 0.4) is 0 Å². The molecule has 0 unspecified atom stereocenters. The SMILES string of the molecule is CCCc1noc(CSc2nnc(-c3c[nH]c4ccccc34)n2-c2ccccc2C)n1. The number of fused-ring (bicyclic) bond motifs is 1. The van der Waals surface area contributed by atoms with E-state index in [9.17, 15) is 0 Å². The molecule has 0 fully saturated rings. The molecule has 0 amide bonds. The normalized spacial score (nSPS) is 11.4. The van der Waals surface area contributed by atoms with Gasteiger partial charge in [-0.25, -0.2) is 0 Å². The van der Waals surface area contributed by atoms with E-state index in [1.165, 1.54) is 0 Å². The van der Waals surface area contributed by atoms with E-state index in [1.54, 1.807) is 11.8 Å². The molecule has 0 radical (unpaired) electrons. The minimum atomic E-state index is 0.536. The van der Waals surface area contributed by atoms with E-state index in [-0.39, 0.29) is 0 Å². The van der Waals surface area contributed by atoms with Gasteiger partial charge in [0, 0.05) is 29.1 Å². The molecule has 0 aliphatic rings. The summed E-state index contributed by atoms with van der Waals surface area (Å²) in [6.45, 7) is 4.19. The third-order valence-corrected chi connectivity index (χ3v) is 6.04. The zero-order valence-electron chi connectivity index (χ0n) is 17.4. The molecule has 0 aliphatic carbocycles. The van der Waals surface area contributed by atoms with Crippen LogP contribution in [0, 0.1) is 6.92 Å². The molecule has 5 rings (SSSR count). The Labute approximate surface area is 183 Å². The summed E-state index contributed by atoms with van der Waals surface area (Å²) in [6.07, 6.45) is 3.80. The van der Waals surface area contributed by atoms with E-state index >= 15 is 0 Å². The lowest BCUT2D eigenvalue weighted by Crippen LogP contribution is -2.01. The van der Waals surface area contributed by atoms with Gasteiger partial charge in [0.1, 0.15) is 0 Å². The third kappa shape index (κ3) is 3.74. The first-order chi connectivity index (χ1) is 15.2. The molecule has 0 saturated heterocycles. The zero-order valence-corrected chi connectivity index (χ0v) is 18.2. The first-order valence-corrected chi connectivity index (χ1v) is 11.3. The van der Waals surface area contributed by atoms with Crippen LogP contribution in [0.15, 0.2) is 64.4 Å². The highest BCUT2D eigenvalue weighted by Crippen LogP contribution is 2.34. The highest BCUT2D eigenvalue weighted by Gasteiger charge is 2.20. The van der Waals surface area contributed by atoms with Gasteiger partial charge in [0.2, 0.25) is 5.89 Å². The first kappa shape index (κ1) is 19.6. The standard InChI is InChI=1S/C23H22N6OS/c1-3-8-20-25-21(30-28-20)14-31-23-27-26-22(29(23)19-12-7-4-9-15(19)2)17-13-24-18-11-6-5-10-16(17)18/h4-7,9-13,24H,3,8,14H2,1-2H3. The number of aromatic amines is 1. The van der Waals surface area contributed by atoms with E-state index in [4.69, 9.17) is 4.52 Å². The maximum Gasteiger partial charge on any atom is 0.237 e. The van der Waals surface area contributed by atoms with Gasteiger partial charge in [0.05, 0.1) is 11.4 Å². The average Bonchev–Trinajstić information content (AvgIpc) is 3.51. The molecule has 0 atom stereocenters. The molecule has 0 bridgehead atoms. The molecule has 156 valence electrons. The van der Waals surface area contributed by atoms with E-state index in [0.29, 0.717) is 11.6 Å². The number of H-pyrrole nitrogens is 1. The van der Waals surface area contributed by atoms with Crippen LogP contribution in [0.1, 0.15) is 30.6 Å². The van der Waals surface area contributed by atoms with E-state index in [1.807, 2.05) is 30.5 Å². The Balaban J connectivity index is 1.56. The van der Waals surface area contributed by atoms with Gasteiger partial charge in [0.15, 0.2) is 16.8 Å². The van der Waals surface area contributed by atoms with Crippen LogP contribution in [0.5, 0.6) is 0 Å². The molecule has 0 spiro atoms. The third-order valence-electron chi connectivity index (χ3n) is 5.13. The van der Waals surface area contributed by atoms with Crippen LogP contribution in [0.4, 0.5) is 0 Å². The number of para-hydroxylation sites is 2. The van der Waals surface area contributed by atoms with Crippen LogP contribution < -0.4 is 0 Å². The Hall–Kier alpha value is -3.39. The molecular weight excluding hydrogens is 408 g/mol. The fourth-order valence-corrected chi connectivity index (χ4v) is 4.41. The van der Waals surface area contributed by atoms with Gasteiger partial charge < -0.3 is 9.51 Å². The van der Waals surface area contributed by atoms with Gasteiger partial charge in [0.25, 0.3) is 0 Å². The van der Waals surface area contributed by atoms with Crippen LogP contribution in [-0.4, -0.2) is 29.9 Å². The van der Waals surface area contributed by atoms with Crippen molar-refractivity contribution in [2.24, 2.45) is 0 Å². The quantitative estimate of drug-likeness (QED) is 0.350. The van der Waals surface area contributed by atoms with Crippen molar-refractivity contribution in [1.29, 1.82) is 0 Å². The molecule has 7 nitrogen and oxygen atoms in total. The Morgan fingerprint density at radius 3 is 2.77 bits per heavy atom. The number of aromatic nitrogens is 6. The predicted molar refractivity (Wildman–Crippen MR) is 121 cm³/mol. The van der Waals surface area contributed by atoms with E-state index < -0.39 is 0 Å². The average molecular weight is 431 g/mol. The molecule has 1 N–H and O–H groups in total. The lowest BCUT2D eigenvalue weighted by atomic mass is 10.1. The van der Waals surface area contributed by atoms with Crippen LogP contribution in [-0.2, 0) is 12.2 Å². The number of aryl methyl sites for hydroxylation is 2. The topological polar surface area (TPSA) is 85.4 Å². The Bertz CT molecular complexity index is 1330. The van der Waals surface area contributed by atoms with Crippen molar-refractivity contribution in [1.82, 2.24) is 29.9 Å². The number of benzene rings is 2. The first-order valence-electron chi connectivity index (χ1n) is 10.3. The largest absolute Gasteiger partial charge is 0.360 e. The van der Waals surface area contributed by atoms with Gasteiger partial charge >= 0.3 is 0 Å². The highest BCUT2D eigenvalue weighted by molar-refractivity contribution is 7.98. The van der Waals surface area contributed by atoms with Crippen molar-refractivity contribution >= 4 is 22.7 Å². The second-order valence-corrected chi connectivity index (χ2v) is 8.26. The summed E-state index contributed by atoms with van der Waals surface area (Å²) in [5.41, 5.74) is 4.28. The number of nitrogens with zero attached hydrogens (tertiary/aromatic N) is 5. The van der Waals surface area contributed by atoms with Crippen LogP contribution >= 0.6 is 11.8 Å². The van der Waals surface area contributed by atoms with Crippen LogP contribution in [0.2, 0.25) is 0 Å². The van der Waals surface area contributed by atoms with Gasteiger partial charge in [-0.3, -0.25) is 4.57 Å². The summed E-state index contributed by atoms with van der Waals surface area (Å²) in [7, 11) is 0. The van der Waals surface area contributed by atoms with Gasteiger partial charge in [-0.2, -0.15) is 4.98 Å². The number of thioether (sulfide) groups is 1. The molecule has 8 heteroatoms. The number of rotatable bonds is 7. The summed E-state index contributed by atoms with van der Waals surface area (Å²) < 4.78 is 7.51. The number of hydrogen-bond donors (Lipinski definition) is 1. The summed E-state index contributed by atoms with van der Waals surface area (Å²) in [4.78, 5) is 7.81. The number of nitrogens with one attached hydrogen (secondary N) is 1. The Kier molecular flexibility index (Phi) is 5.30. The van der Waals surface area contributed by atoms with Crippen LogP contribution in [0.25, 0.3) is 28.0 Å². The van der Waals surface area contributed by atoms with Crippen molar-refractivity contribution in [2.75, 3.05) is 0 Å². The molecule has 0 saturated carbocycles. The smallest absolute Gasteiger partial charge is 0.237 e. The maximum absolute atomic E-state index is 5.40. The van der Waals surface area contributed by atoms with E-state index in [0.717, 1.165) is 57.4 Å². The molecule has 2 aromatic carbocycles. The summed E-state index contributed by atoms with van der Waals surface area (Å²) >= 11 is 1.54. The van der Waals surface area contributed by atoms with E-state index in [2.05, 4.69) is 68.0 Å². The molecule has 31 heavy (non-hydrogen) atoms. The maximum atomic E-state index is 5.40. The fraction of sp³-hybridized carbons (Fsp3) is 0.217. The van der Waals surface area contributed by atoms with Crippen molar-refractivity contribution in [3.05, 3.63) is 72.0 Å². The molecule has 5 aromatic rings. The van der Waals surface area contributed by atoms with Crippen molar-refractivity contribution < 1.29 is 4.52 Å². The molecule has 3 heterocycles. The van der Waals surface area contributed by atoms with Gasteiger partial charge in [-0.05, 0) is 31.0 Å². The Morgan fingerprint density at radius 1 is 1.06 bits per heavy atom. The van der Waals surface area contributed by atoms with Crippen molar-refractivity contribution in [3.8, 4) is 17.1 Å². The molecule has 3 aromatic heterocycles. The lowest BCUT2D eigenvalue weighted by molar-refractivity contribution is 0.384. The van der Waals surface area contributed by atoms with Gasteiger partial charge in [-0.1, -0.05) is 60.2 Å². The molecular formula is C23H22N6OS. The zero-order chi connectivity index (χ0) is 21.2. The second-order valence-electron chi connectivity index (χ2n) is 7.32. The molecule has 0 aliphatic heterocycles. The second kappa shape index (κ2) is 8.39. The predicted octanol–water partition coefficient (Wildman–Crippen LogP) is 5.35. The van der Waals surface area contributed by atoms with Crippen molar-refractivity contribution in [3.63, 3.8) is 0 Å². The summed E-state index contributed by atoms with van der Waals surface area (Å²) in [5, 5.41) is 15.0. The van der Waals surface area contributed by atoms with Crippen molar-refractivity contribution in [2.45, 2.75) is 37.6 Å². The lowest BCUT2D eigenvalue weighted by Gasteiger charge is -2.12. The summed E-state index contributed by atoms with van der Waals surface area (Å²) in [5.74, 6) is 2.68. The monoisotopic (exact) mass is 430 g/mol. The highest BCUT2D eigenvalue weighted by atomic mass is 32.2. The number of hydrogen-bond acceptors (Lipinski definition) is 6. The fourth-order valence-electron chi connectivity index (χ4n) is 3.63. The Morgan fingerprint density at radius 2 is 1.90 bits per heavy atom. The summed E-state index contributed by atoms with van der Waals surface area (Å²) in [6, 6.07) is 16.5.